The van der Waals surface area contributed by atoms with Gasteiger partial charge in [-0.25, -0.2) is 4.98 Å². The average Bonchev–Trinajstić information content (AvgIpc) is 3.35. The summed E-state index contributed by atoms with van der Waals surface area (Å²) in [5.41, 5.74) is 5.57. The number of aromatic nitrogens is 3. The van der Waals surface area contributed by atoms with Crippen molar-refractivity contribution in [2.45, 2.75) is 18.8 Å². The van der Waals surface area contributed by atoms with Gasteiger partial charge in [0.05, 0.1) is 5.69 Å². The van der Waals surface area contributed by atoms with E-state index in [2.05, 4.69) is 46.4 Å². The predicted octanol–water partition coefficient (Wildman–Crippen LogP) is 4.66. The van der Waals surface area contributed by atoms with E-state index in [-0.39, 0.29) is 0 Å². The van der Waals surface area contributed by atoms with Gasteiger partial charge in [0.25, 0.3) is 0 Å². The SMILES string of the molecule is c1ccc2c(c1)[nH]c1nccc(-c3ccc(C4CC4)cn3)c12. The van der Waals surface area contributed by atoms with E-state index in [4.69, 9.17) is 4.98 Å². The van der Waals surface area contributed by atoms with Crippen molar-refractivity contribution in [1.29, 1.82) is 0 Å². The Morgan fingerprint density at radius 1 is 0.955 bits per heavy atom. The molecule has 0 aliphatic heterocycles. The van der Waals surface area contributed by atoms with Gasteiger partial charge in [-0.3, -0.25) is 4.98 Å². The Bertz CT molecular complexity index is 979. The summed E-state index contributed by atoms with van der Waals surface area (Å²) < 4.78 is 0. The molecule has 0 unspecified atom stereocenters. The van der Waals surface area contributed by atoms with Crippen LogP contribution in [-0.2, 0) is 0 Å². The Balaban J connectivity index is 1.75. The van der Waals surface area contributed by atoms with Crippen molar-refractivity contribution in [3.8, 4) is 11.3 Å². The predicted molar refractivity (Wildman–Crippen MR) is 88.8 cm³/mol. The molecule has 3 nitrogen and oxygen atoms in total. The molecule has 1 N–H and O–H groups in total. The van der Waals surface area contributed by atoms with Crippen LogP contribution in [0.25, 0.3) is 33.2 Å². The summed E-state index contributed by atoms with van der Waals surface area (Å²) in [5.74, 6) is 0.743. The number of nitrogens with one attached hydrogen (secondary N) is 1. The van der Waals surface area contributed by atoms with Crippen molar-refractivity contribution in [2.75, 3.05) is 0 Å². The number of para-hydroxylation sites is 1. The number of H-pyrrole nitrogens is 1. The van der Waals surface area contributed by atoms with E-state index in [1.54, 1.807) is 0 Å². The molecule has 3 heterocycles. The summed E-state index contributed by atoms with van der Waals surface area (Å²) in [6, 6.07) is 14.8. The summed E-state index contributed by atoms with van der Waals surface area (Å²) in [6.07, 6.45) is 6.50. The molecule has 0 saturated heterocycles. The van der Waals surface area contributed by atoms with E-state index in [0.29, 0.717) is 0 Å². The lowest BCUT2D eigenvalue weighted by Crippen LogP contribution is -1.88. The second-order valence-corrected chi connectivity index (χ2v) is 6.00. The Labute approximate surface area is 128 Å². The average molecular weight is 285 g/mol. The summed E-state index contributed by atoms with van der Waals surface area (Å²) in [5, 5.41) is 2.36. The maximum Gasteiger partial charge on any atom is 0.138 e. The zero-order valence-corrected chi connectivity index (χ0v) is 12.1. The molecular formula is C19H15N3. The van der Waals surface area contributed by atoms with Crippen LogP contribution < -0.4 is 0 Å². The van der Waals surface area contributed by atoms with Crippen LogP contribution in [0.5, 0.6) is 0 Å². The van der Waals surface area contributed by atoms with Crippen LogP contribution in [-0.4, -0.2) is 15.0 Å². The number of hydrogen-bond acceptors (Lipinski definition) is 2. The van der Waals surface area contributed by atoms with Crippen molar-refractivity contribution in [1.82, 2.24) is 15.0 Å². The van der Waals surface area contributed by atoms with E-state index in [9.17, 15) is 0 Å². The molecule has 5 rings (SSSR count). The normalized spacial score (nSPS) is 14.7. The van der Waals surface area contributed by atoms with E-state index in [0.717, 1.165) is 33.7 Å². The highest BCUT2D eigenvalue weighted by molar-refractivity contribution is 6.12. The van der Waals surface area contributed by atoms with Gasteiger partial charge in [0, 0.05) is 34.2 Å². The zero-order chi connectivity index (χ0) is 14.5. The minimum Gasteiger partial charge on any atom is -0.339 e. The van der Waals surface area contributed by atoms with Gasteiger partial charge >= 0.3 is 0 Å². The number of nitrogens with zero attached hydrogens (tertiary/aromatic N) is 2. The molecular weight excluding hydrogens is 270 g/mol. The Hall–Kier alpha value is -2.68. The molecule has 0 amide bonds. The van der Waals surface area contributed by atoms with Crippen LogP contribution in [0.4, 0.5) is 0 Å². The largest absolute Gasteiger partial charge is 0.339 e. The molecule has 106 valence electrons. The molecule has 1 fully saturated rings. The minimum atomic E-state index is 0.743. The quantitative estimate of drug-likeness (QED) is 0.582. The number of benzene rings is 1. The number of fused-ring (bicyclic) bond motifs is 3. The van der Waals surface area contributed by atoms with E-state index in [1.165, 1.54) is 23.8 Å². The maximum absolute atomic E-state index is 4.71. The Morgan fingerprint density at radius 2 is 1.86 bits per heavy atom. The lowest BCUT2D eigenvalue weighted by Gasteiger charge is -2.04. The first-order valence-corrected chi connectivity index (χ1v) is 7.72. The van der Waals surface area contributed by atoms with Crippen molar-refractivity contribution in [3.63, 3.8) is 0 Å². The fourth-order valence-corrected chi connectivity index (χ4v) is 3.20. The topological polar surface area (TPSA) is 41.6 Å². The smallest absolute Gasteiger partial charge is 0.138 e. The van der Waals surface area contributed by atoms with Gasteiger partial charge in [0.2, 0.25) is 0 Å². The Kier molecular flexibility index (Phi) is 2.39. The summed E-state index contributed by atoms with van der Waals surface area (Å²) in [4.78, 5) is 12.6. The van der Waals surface area contributed by atoms with E-state index >= 15 is 0 Å². The third kappa shape index (κ3) is 1.75. The van der Waals surface area contributed by atoms with Gasteiger partial charge in [-0.05, 0) is 42.5 Å². The third-order valence-corrected chi connectivity index (χ3v) is 4.51. The number of aromatic amines is 1. The molecule has 1 aliphatic carbocycles. The molecule has 0 bridgehead atoms. The minimum absolute atomic E-state index is 0.743. The first-order valence-electron chi connectivity index (χ1n) is 7.72. The van der Waals surface area contributed by atoms with Crippen molar-refractivity contribution in [3.05, 3.63) is 60.4 Å². The number of pyridine rings is 2. The number of rotatable bonds is 2. The summed E-state index contributed by atoms with van der Waals surface area (Å²) in [6.45, 7) is 0. The van der Waals surface area contributed by atoms with E-state index in [1.807, 2.05) is 18.5 Å². The van der Waals surface area contributed by atoms with E-state index < -0.39 is 0 Å². The third-order valence-electron chi connectivity index (χ3n) is 4.51. The van der Waals surface area contributed by atoms with Gasteiger partial charge in [0.15, 0.2) is 0 Å². The molecule has 4 aromatic rings. The molecule has 1 aliphatic rings. The van der Waals surface area contributed by atoms with Crippen molar-refractivity contribution in [2.24, 2.45) is 0 Å². The number of hydrogen-bond donors (Lipinski definition) is 1. The van der Waals surface area contributed by atoms with Gasteiger partial charge < -0.3 is 4.98 Å². The molecule has 0 radical (unpaired) electrons. The fourth-order valence-electron chi connectivity index (χ4n) is 3.20. The zero-order valence-electron chi connectivity index (χ0n) is 12.1. The van der Waals surface area contributed by atoms with Crippen LogP contribution in [0.1, 0.15) is 24.3 Å². The van der Waals surface area contributed by atoms with Gasteiger partial charge in [0.1, 0.15) is 5.65 Å². The van der Waals surface area contributed by atoms with Crippen LogP contribution in [0.15, 0.2) is 54.9 Å². The van der Waals surface area contributed by atoms with Gasteiger partial charge in [-0.2, -0.15) is 0 Å². The first-order chi connectivity index (χ1) is 10.9. The van der Waals surface area contributed by atoms with Crippen LogP contribution in [0.3, 0.4) is 0 Å². The maximum atomic E-state index is 4.71. The summed E-state index contributed by atoms with van der Waals surface area (Å²) in [7, 11) is 0. The Morgan fingerprint density at radius 3 is 2.68 bits per heavy atom. The molecule has 3 heteroatoms. The van der Waals surface area contributed by atoms with Gasteiger partial charge in [-0.15, -0.1) is 0 Å². The summed E-state index contributed by atoms with van der Waals surface area (Å²) >= 11 is 0. The molecule has 0 spiro atoms. The standard InChI is InChI=1S/C19H15N3/c1-2-4-17-14(3-1)18-15(9-10-20-19(18)22-17)16-8-7-13(11-21-16)12-5-6-12/h1-4,7-12H,5-6H2,(H,20,22). The lowest BCUT2D eigenvalue weighted by atomic mass is 10.0. The van der Waals surface area contributed by atoms with Crippen molar-refractivity contribution < 1.29 is 0 Å². The fraction of sp³-hybridized carbons (Fsp3) is 0.158. The molecule has 22 heavy (non-hydrogen) atoms. The second-order valence-electron chi connectivity index (χ2n) is 6.00. The van der Waals surface area contributed by atoms with Crippen LogP contribution in [0.2, 0.25) is 0 Å². The molecule has 1 saturated carbocycles. The monoisotopic (exact) mass is 285 g/mol. The highest BCUT2D eigenvalue weighted by Crippen LogP contribution is 2.40. The highest BCUT2D eigenvalue weighted by Gasteiger charge is 2.23. The molecule has 1 aromatic carbocycles. The second kappa shape index (κ2) is 4.41. The van der Waals surface area contributed by atoms with Crippen molar-refractivity contribution >= 4 is 21.9 Å². The highest BCUT2D eigenvalue weighted by atomic mass is 14.8. The van der Waals surface area contributed by atoms with Gasteiger partial charge in [-0.1, -0.05) is 24.3 Å². The van der Waals surface area contributed by atoms with Crippen LogP contribution >= 0.6 is 0 Å². The molecule has 3 aromatic heterocycles. The molecule has 0 atom stereocenters. The van der Waals surface area contributed by atoms with Crippen LogP contribution in [0, 0.1) is 0 Å². The lowest BCUT2D eigenvalue weighted by molar-refractivity contribution is 1.10. The first kappa shape index (κ1) is 11.9.